The van der Waals surface area contributed by atoms with Crippen molar-refractivity contribution < 1.29 is 9.84 Å². The molecule has 2 aliphatic carbocycles. The molecular weight excluding hydrogens is 152 g/mol. The first-order valence-electron chi connectivity index (χ1n) is 4.89. The van der Waals surface area contributed by atoms with Gasteiger partial charge in [0.15, 0.2) is 0 Å². The lowest BCUT2D eigenvalue weighted by Gasteiger charge is -2.12. The van der Waals surface area contributed by atoms with Gasteiger partial charge < -0.3 is 9.84 Å². The number of hydrogen-bond acceptors (Lipinski definition) is 2. The van der Waals surface area contributed by atoms with E-state index in [9.17, 15) is 5.11 Å². The quantitative estimate of drug-likeness (QED) is 0.596. The lowest BCUT2D eigenvalue weighted by atomic mass is 9.90. The van der Waals surface area contributed by atoms with Gasteiger partial charge in [0, 0.05) is 0 Å². The zero-order valence-electron chi connectivity index (χ0n) is 7.71. The molecule has 2 heteroatoms. The van der Waals surface area contributed by atoms with E-state index in [0.717, 1.165) is 18.3 Å². The molecule has 1 saturated heterocycles. The van der Waals surface area contributed by atoms with Gasteiger partial charge in [-0.2, -0.15) is 0 Å². The van der Waals surface area contributed by atoms with E-state index in [2.05, 4.69) is 13.8 Å². The van der Waals surface area contributed by atoms with Crippen LogP contribution in [0.15, 0.2) is 0 Å². The van der Waals surface area contributed by atoms with Crippen LogP contribution >= 0.6 is 0 Å². The van der Waals surface area contributed by atoms with E-state index in [1.807, 2.05) is 0 Å². The van der Waals surface area contributed by atoms with Gasteiger partial charge in [-0.3, -0.25) is 0 Å². The number of ether oxygens (including phenoxy) is 1. The fourth-order valence-corrected chi connectivity index (χ4v) is 3.23. The molecule has 2 saturated carbocycles. The van der Waals surface area contributed by atoms with Gasteiger partial charge >= 0.3 is 0 Å². The summed E-state index contributed by atoms with van der Waals surface area (Å²) in [6.07, 6.45) is 2.69. The van der Waals surface area contributed by atoms with E-state index in [1.165, 1.54) is 6.42 Å². The predicted octanol–water partition coefficient (Wildman–Crippen LogP) is 1.18. The molecule has 3 fully saturated rings. The van der Waals surface area contributed by atoms with E-state index in [4.69, 9.17) is 4.74 Å². The Morgan fingerprint density at radius 3 is 2.83 bits per heavy atom. The molecule has 1 aliphatic heterocycles. The van der Waals surface area contributed by atoms with Crippen molar-refractivity contribution in [3.8, 4) is 0 Å². The molecule has 2 nitrogen and oxygen atoms in total. The Morgan fingerprint density at radius 1 is 1.42 bits per heavy atom. The zero-order chi connectivity index (χ0) is 8.56. The topological polar surface area (TPSA) is 32.8 Å². The molecule has 0 unspecified atom stereocenters. The van der Waals surface area contributed by atoms with Crippen molar-refractivity contribution in [1.82, 2.24) is 0 Å². The number of aliphatic hydroxyl groups is 1. The molecule has 0 radical (unpaired) electrons. The Morgan fingerprint density at radius 2 is 2.17 bits per heavy atom. The third kappa shape index (κ3) is 0.647. The van der Waals surface area contributed by atoms with Gasteiger partial charge in [-0.15, -0.1) is 0 Å². The van der Waals surface area contributed by atoms with Crippen molar-refractivity contribution in [3.05, 3.63) is 0 Å². The number of fused-ring (bicyclic) bond motifs is 2. The average Bonchev–Trinajstić information content (AvgIpc) is 2.86. The van der Waals surface area contributed by atoms with Gasteiger partial charge in [0.2, 0.25) is 0 Å². The SMILES string of the molecule is CC1(C)[C@@H]2C[C@H]3O[C@@]3(CO)C[C@@H]21. The third-order valence-electron chi connectivity index (χ3n) is 4.50. The van der Waals surface area contributed by atoms with Crippen LogP contribution in [0.3, 0.4) is 0 Å². The predicted molar refractivity (Wildman–Crippen MR) is 44.7 cm³/mol. The van der Waals surface area contributed by atoms with Crippen molar-refractivity contribution in [2.45, 2.75) is 38.4 Å². The van der Waals surface area contributed by atoms with Crippen LogP contribution in [0.2, 0.25) is 0 Å². The molecule has 0 aromatic carbocycles. The van der Waals surface area contributed by atoms with Gasteiger partial charge in [-0.05, 0) is 30.1 Å². The van der Waals surface area contributed by atoms with Crippen LogP contribution in [0, 0.1) is 17.3 Å². The van der Waals surface area contributed by atoms with Crippen molar-refractivity contribution >= 4 is 0 Å². The Bertz CT molecular complexity index is 236. The van der Waals surface area contributed by atoms with Crippen LogP contribution in [-0.2, 0) is 4.74 Å². The number of epoxide rings is 1. The monoisotopic (exact) mass is 168 g/mol. The summed E-state index contributed by atoms with van der Waals surface area (Å²) in [6, 6.07) is 0. The first kappa shape index (κ1) is 7.34. The molecular formula is C10H16O2. The van der Waals surface area contributed by atoms with Gasteiger partial charge in [0.25, 0.3) is 0 Å². The number of hydrogen-bond donors (Lipinski definition) is 1. The Hall–Kier alpha value is -0.0800. The molecule has 1 heterocycles. The fraction of sp³-hybridized carbons (Fsp3) is 1.00. The zero-order valence-corrected chi connectivity index (χ0v) is 7.71. The fourth-order valence-electron chi connectivity index (χ4n) is 3.23. The molecule has 0 amide bonds. The van der Waals surface area contributed by atoms with Crippen molar-refractivity contribution in [1.29, 1.82) is 0 Å². The summed E-state index contributed by atoms with van der Waals surface area (Å²) in [5.41, 5.74) is 0.452. The molecule has 68 valence electrons. The molecule has 12 heavy (non-hydrogen) atoms. The highest BCUT2D eigenvalue weighted by atomic mass is 16.6. The van der Waals surface area contributed by atoms with Gasteiger partial charge in [-0.25, -0.2) is 0 Å². The maximum atomic E-state index is 9.17. The summed E-state index contributed by atoms with van der Waals surface area (Å²) in [7, 11) is 0. The van der Waals surface area contributed by atoms with Crippen LogP contribution in [0.1, 0.15) is 26.7 Å². The van der Waals surface area contributed by atoms with E-state index in [0.29, 0.717) is 11.5 Å². The Kier molecular flexibility index (Phi) is 1.06. The largest absolute Gasteiger partial charge is 0.393 e. The second kappa shape index (κ2) is 1.73. The summed E-state index contributed by atoms with van der Waals surface area (Å²) >= 11 is 0. The minimum Gasteiger partial charge on any atom is -0.393 e. The molecule has 0 bridgehead atoms. The van der Waals surface area contributed by atoms with Crippen molar-refractivity contribution in [3.63, 3.8) is 0 Å². The van der Waals surface area contributed by atoms with Crippen molar-refractivity contribution in [2.75, 3.05) is 6.61 Å². The van der Waals surface area contributed by atoms with E-state index >= 15 is 0 Å². The highest BCUT2D eigenvalue weighted by molar-refractivity contribution is 5.20. The van der Waals surface area contributed by atoms with E-state index in [-0.39, 0.29) is 12.2 Å². The number of aliphatic hydroxyl groups excluding tert-OH is 1. The summed E-state index contributed by atoms with van der Waals surface area (Å²) in [6.45, 7) is 4.92. The van der Waals surface area contributed by atoms with E-state index < -0.39 is 0 Å². The standard InChI is InChI=1S/C10H16O2/c1-9(2)6-3-8-10(5-11,12-8)4-7(6)9/h6-8,11H,3-5H2,1-2H3/t6-,7+,8-,10-/m1/s1. The minimum absolute atomic E-state index is 0.0884. The van der Waals surface area contributed by atoms with Gasteiger partial charge in [-0.1, -0.05) is 13.8 Å². The first-order valence-corrected chi connectivity index (χ1v) is 4.89. The molecule has 3 rings (SSSR count). The molecule has 4 atom stereocenters. The lowest BCUT2D eigenvalue weighted by Crippen LogP contribution is -2.25. The van der Waals surface area contributed by atoms with Crippen LogP contribution in [0.25, 0.3) is 0 Å². The molecule has 3 aliphatic rings. The maximum absolute atomic E-state index is 9.17. The van der Waals surface area contributed by atoms with Crippen LogP contribution in [-0.4, -0.2) is 23.4 Å². The van der Waals surface area contributed by atoms with Crippen molar-refractivity contribution in [2.24, 2.45) is 17.3 Å². The maximum Gasteiger partial charge on any atom is 0.118 e. The van der Waals surface area contributed by atoms with E-state index in [1.54, 1.807) is 0 Å². The summed E-state index contributed by atoms with van der Waals surface area (Å²) in [5, 5.41) is 9.17. The second-order valence-corrected chi connectivity index (χ2v) is 5.30. The number of rotatable bonds is 1. The molecule has 0 spiro atoms. The summed E-state index contributed by atoms with van der Waals surface area (Å²) in [4.78, 5) is 0. The highest BCUT2D eigenvalue weighted by Gasteiger charge is 2.72. The molecule has 0 aromatic heterocycles. The molecule has 0 aromatic rings. The van der Waals surface area contributed by atoms with Crippen LogP contribution in [0.4, 0.5) is 0 Å². The van der Waals surface area contributed by atoms with Crippen LogP contribution in [0.5, 0.6) is 0 Å². The smallest absolute Gasteiger partial charge is 0.118 e. The van der Waals surface area contributed by atoms with Gasteiger partial charge in [0.1, 0.15) is 5.60 Å². The highest BCUT2D eigenvalue weighted by Crippen LogP contribution is 2.70. The summed E-state index contributed by atoms with van der Waals surface area (Å²) in [5.74, 6) is 1.70. The summed E-state index contributed by atoms with van der Waals surface area (Å²) < 4.78 is 5.56. The van der Waals surface area contributed by atoms with Gasteiger partial charge in [0.05, 0.1) is 12.7 Å². The first-order chi connectivity index (χ1) is 5.60. The third-order valence-corrected chi connectivity index (χ3v) is 4.50. The Labute approximate surface area is 72.9 Å². The normalized spacial score (nSPS) is 58.8. The molecule has 1 N–H and O–H groups in total. The minimum atomic E-state index is -0.0884. The second-order valence-electron chi connectivity index (χ2n) is 5.30. The average molecular weight is 168 g/mol. The Balaban J connectivity index is 1.81. The lowest BCUT2D eigenvalue weighted by molar-refractivity contribution is 0.155. The van der Waals surface area contributed by atoms with Crippen LogP contribution < -0.4 is 0 Å².